The minimum absolute atomic E-state index is 0.211. The number of ether oxygens (including phenoxy) is 1. The summed E-state index contributed by atoms with van der Waals surface area (Å²) in [6.07, 6.45) is 1.82. The first-order valence-electron chi connectivity index (χ1n) is 5.38. The van der Waals surface area contributed by atoms with Gasteiger partial charge in [0.05, 0.1) is 28.6 Å². The fourth-order valence-corrected chi connectivity index (χ4v) is 2.55. The van der Waals surface area contributed by atoms with Gasteiger partial charge in [-0.3, -0.25) is 9.59 Å². The molecule has 0 atom stereocenters. The average molecular weight is 263 g/mol. The standard InChI is InChI=1S/C13H13NO3S/c1-7(15)10-12(16)8-5-4-6-9(17-2)11(8)14-13(10)18-3/h4-6H,1-3H3,(H,14,16). The number of rotatable bonds is 3. The molecule has 0 bridgehead atoms. The largest absolute Gasteiger partial charge is 0.495 e. The molecule has 0 saturated carbocycles. The summed E-state index contributed by atoms with van der Waals surface area (Å²) < 4.78 is 5.22. The van der Waals surface area contributed by atoms with Gasteiger partial charge >= 0.3 is 0 Å². The van der Waals surface area contributed by atoms with Crippen molar-refractivity contribution in [2.45, 2.75) is 11.9 Å². The first kappa shape index (κ1) is 12.7. The van der Waals surface area contributed by atoms with E-state index in [9.17, 15) is 9.59 Å². The summed E-state index contributed by atoms with van der Waals surface area (Å²) in [6.45, 7) is 1.40. The maximum Gasteiger partial charge on any atom is 0.201 e. The molecule has 0 fully saturated rings. The second-order valence-electron chi connectivity index (χ2n) is 3.80. The molecule has 0 aliphatic rings. The fraction of sp³-hybridized carbons (Fsp3) is 0.231. The molecule has 0 spiro atoms. The quantitative estimate of drug-likeness (QED) is 0.682. The van der Waals surface area contributed by atoms with Crippen molar-refractivity contribution in [1.82, 2.24) is 4.98 Å². The molecule has 4 nitrogen and oxygen atoms in total. The van der Waals surface area contributed by atoms with E-state index in [2.05, 4.69) is 4.98 Å². The van der Waals surface area contributed by atoms with Crippen LogP contribution in [0, 0.1) is 0 Å². The molecular formula is C13H13NO3S. The Morgan fingerprint density at radius 1 is 1.39 bits per heavy atom. The Bertz CT molecular complexity index is 676. The van der Waals surface area contributed by atoms with Crippen LogP contribution in [0.4, 0.5) is 0 Å². The van der Waals surface area contributed by atoms with E-state index in [4.69, 9.17) is 4.74 Å². The number of fused-ring (bicyclic) bond motifs is 1. The molecule has 1 aromatic heterocycles. The highest BCUT2D eigenvalue weighted by molar-refractivity contribution is 7.98. The highest BCUT2D eigenvalue weighted by Crippen LogP contribution is 2.25. The maximum absolute atomic E-state index is 12.3. The number of aromatic nitrogens is 1. The topological polar surface area (TPSA) is 59.2 Å². The van der Waals surface area contributed by atoms with Crippen molar-refractivity contribution in [2.75, 3.05) is 13.4 Å². The molecular weight excluding hydrogens is 250 g/mol. The number of nitrogens with one attached hydrogen (secondary N) is 1. The van der Waals surface area contributed by atoms with E-state index >= 15 is 0 Å². The molecule has 1 aromatic carbocycles. The summed E-state index contributed by atoms with van der Waals surface area (Å²) in [7, 11) is 1.55. The predicted octanol–water partition coefficient (Wildman–Crippen LogP) is 2.46. The Morgan fingerprint density at radius 3 is 2.67 bits per heavy atom. The molecule has 18 heavy (non-hydrogen) atoms. The van der Waals surface area contributed by atoms with Gasteiger partial charge in [-0.25, -0.2) is 0 Å². The number of benzene rings is 1. The zero-order valence-corrected chi connectivity index (χ0v) is 11.2. The smallest absolute Gasteiger partial charge is 0.201 e. The van der Waals surface area contributed by atoms with Gasteiger partial charge in [0.25, 0.3) is 0 Å². The number of ketones is 1. The van der Waals surface area contributed by atoms with Crippen LogP contribution in [0.25, 0.3) is 10.9 Å². The van der Waals surface area contributed by atoms with E-state index in [0.717, 1.165) is 0 Å². The normalized spacial score (nSPS) is 10.6. The minimum Gasteiger partial charge on any atom is -0.495 e. The number of carbonyl (C=O) groups is 1. The number of hydrogen-bond acceptors (Lipinski definition) is 4. The molecule has 0 saturated heterocycles. The van der Waals surface area contributed by atoms with Gasteiger partial charge < -0.3 is 9.72 Å². The predicted molar refractivity (Wildman–Crippen MR) is 72.9 cm³/mol. The van der Waals surface area contributed by atoms with Crippen molar-refractivity contribution in [3.8, 4) is 5.75 Å². The van der Waals surface area contributed by atoms with E-state index in [0.29, 0.717) is 21.7 Å². The summed E-state index contributed by atoms with van der Waals surface area (Å²) in [5.74, 6) is 0.361. The van der Waals surface area contributed by atoms with Crippen molar-refractivity contribution in [1.29, 1.82) is 0 Å². The van der Waals surface area contributed by atoms with Crippen LogP contribution in [-0.2, 0) is 0 Å². The monoisotopic (exact) mass is 263 g/mol. The van der Waals surface area contributed by atoms with Crippen LogP contribution < -0.4 is 10.2 Å². The Labute approximate surface area is 108 Å². The maximum atomic E-state index is 12.3. The first-order chi connectivity index (χ1) is 8.60. The summed E-state index contributed by atoms with van der Waals surface area (Å²) in [4.78, 5) is 27.0. The Kier molecular flexibility index (Phi) is 3.43. The second-order valence-corrected chi connectivity index (χ2v) is 4.62. The van der Waals surface area contributed by atoms with Crippen LogP contribution in [0.1, 0.15) is 17.3 Å². The van der Waals surface area contributed by atoms with Gasteiger partial charge in [-0.2, -0.15) is 0 Å². The molecule has 0 aliphatic heterocycles. The van der Waals surface area contributed by atoms with Crippen LogP contribution in [0.3, 0.4) is 0 Å². The van der Waals surface area contributed by atoms with Crippen molar-refractivity contribution in [3.63, 3.8) is 0 Å². The van der Waals surface area contributed by atoms with Gasteiger partial charge in [0.2, 0.25) is 5.43 Å². The summed E-state index contributed by atoms with van der Waals surface area (Å²) in [5.41, 5.74) is 0.585. The Hall–Kier alpha value is -1.75. The molecule has 2 aromatic rings. The lowest BCUT2D eigenvalue weighted by molar-refractivity contribution is 0.101. The van der Waals surface area contributed by atoms with Crippen molar-refractivity contribution >= 4 is 28.4 Å². The average Bonchev–Trinajstić information content (AvgIpc) is 2.37. The van der Waals surface area contributed by atoms with Crippen molar-refractivity contribution in [3.05, 3.63) is 34.0 Å². The molecule has 1 N–H and O–H groups in total. The minimum atomic E-state index is -0.250. The number of carbonyl (C=O) groups excluding carboxylic acids is 1. The summed E-state index contributed by atoms with van der Waals surface area (Å²) >= 11 is 1.34. The first-order valence-corrected chi connectivity index (χ1v) is 6.60. The third kappa shape index (κ3) is 1.90. The lowest BCUT2D eigenvalue weighted by Gasteiger charge is -2.09. The van der Waals surface area contributed by atoms with Crippen molar-refractivity contribution in [2.24, 2.45) is 0 Å². The Balaban J connectivity index is 2.95. The molecule has 0 aliphatic carbocycles. The van der Waals surface area contributed by atoms with Crippen LogP contribution in [0.5, 0.6) is 5.75 Å². The van der Waals surface area contributed by atoms with Crippen LogP contribution in [0.15, 0.2) is 28.0 Å². The molecule has 5 heteroatoms. The molecule has 0 unspecified atom stereocenters. The molecule has 0 radical (unpaired) electrons. The number of hydrogen-bond donors (Lipinski definition) is 1. The number of para-hydroxylation sites is 1. The van der Waals surface area contributed by atoms with Crippen LogP contribution in [-0.4, -0.2) is 24.1 Å². The SMILES string of the molecule is COc1cccc2c(=O)c(C(C)=O)c(SC)[nH]c12. The van der Waals surface area contributed by atoms with E-state index in [1.165, 1.54) is 18.7 Å². The molecule has 94 valence electrons. The zero-order valence-electron chi connectivity index (χ0n) is 10.4. The number of pyridine rings is 1. The summed E-state index contributed by atoms with van der Waals surface area (Å²) in [6, 6.07) is 5.20. The van der Waals surface area contributed by atoms with Gasteiger partial charge in [0.15, 0.2) is 5.78 Å². The number of aromatic amines is 1. The van der Waals surface area contributed by atoms with E-state index in [1.807, 2.05) is 6.26 Å². The molecule has 1 heterocycles. The highest BCUT2D eigenvalue weighted by Gasteiger charge is 2.16. The third-order valence-electron chi connectivity index (χ3n) is 2.74. The van der Waals surface area contributed by atoms with Gasteiger partial charge in [0.1, 0.15) is 5.75 Å². The van der Waals surface area contributed by atoms with E-state index < -0.39 is 0 Å². The zero-order chi connectivity index (χ0) is 13.3. The number of Topliss-reactive ketones (excluding diaryl/α,β-unsaturated/α-hetero) is 1. The lowest BCUT2D eigenvalue weighted by atomic mass is 10.1. The van der Waals surface area contributed by atoms with Crippen LogP contribution in [0.2, 0.25) is 0 Å². The second kappa shape index (κ2) is 4.86. The summed E-state index contributed by atoms with van der Waals surface area (Å²) in [5, 5.41) is 1.04. The molecule has 2 rings (SSSR count). The number of H-pyrrole nitrogens is 1. The fourth-order valence-electron chi connectivity index (χ4n) is 1.91. The number of thioether (sulfide) groups is 1. The van der Waals surface area contributed by atoms with E-state index in [1.54, 1.807) is 25.3 Å². The lowest BCUT2D eigenvalue weighted by Crippen LogP contribution is -2.16. The third-order valence-corrected chi connectivity index (χ3v) is 3.45. The van der Waals surface area contributed by atoms with Gasteiger partial charge in [-0.1, -0.05) is 6.07 Å². The highest BCUT2D eigenvalue weighted by atomic mass is 32.2. The van der Waals surface area contributed by atoms with Gasteiger partial charge in [0, 0.05) is 0 Å². The Morgan fingerprint density at radius 2 is 2.11 bits per heavy atom. The number of methoxy groups -OCH3 is 1. The van der Waals surface area contributed by atoms with Crippen molar-refractivity contribution < 1.29 is 9.53 Å². The molecule has 0 amide bonds. The van der Waals surface area contributed by atoms with Gasteiger partial charge in [-0.05, 0) is 25.3 Å². The van der Waals surface area contributed by atoms with Gasteiger partial charge in [-0.15, -0.1) is 11.8 Å². The van der Waals surface area contributed by atoms with Crippen LogP contribution >= 0.6 is 11.8 Å². The van der Waals surface area contributed by atoms with E-state index in [-0.39, 0.29) is 16.8 Å².